The SMILES string of the molecule is COc1ccc(O)c(/C=N\NC(=O)CSc2ccc3ccccc3n2)c1. The van der Waals surface area contributed by atoms with Crippen LogP contribution in [-0.4, -0.2) is 35.1 Å². The minimum Gasteiger partial charge on any atom is -0.507 e. The van der Waals surface area contributed by atoms with Crippen molar-refractivity contribution in [2.75, 3.05) is 12.9 Å². The fourth-order valence-electron chi connectivity index (χ4n) is 2.24. The van der Waals surface area contributed by atoms with Crippen molar-refractivity contribution in [3.63, 3.8) is 0 Å². The number of benzene rings is 2. The van der Waals surface area contributed by atoms with Crippen LogP contribution in [0.4, 0.5) is 0 Å². The van der Waals surface area contributed by atoms with Gasteiger partial charge < -0.3 is 9.84 Å². The van der Waals surface area contributed by atoms with Gasteiger partial charge in [0.05, 0.1) is 29.6 Å². The molecule has 2 N–H and O–H groups in total. The van der Waals surface area contributed by atoms with E-state index in [-0.39, 0.29) is 17.4 Å². The Bertz CT molecular complexity index is 960. The van der Waals surface area contributed by atoms with Crippen molar-refractivity contribution < 1.29 is 14.6 Å². The number of ether oxygens (including phenoxy) is 1. The molecular weight excluding hydrogens is 350 g/mol. The highest BCUT2D eigenvalue weighted by molar-refractivity contribution is 7.99. The van der Waals surface area contributed by atoms with E-state index in [1.165, 1.54) is 31.2 Å². The third-order valence-electron chi connectivity index (χ3n) is 3.55. The lowest BCUT2D eigenvalue weighted by Crippen LogP contribution is -2.19. The molecule has 0 saturated heterocycles. The number of nitrogens with one attached hydrogen (secondary N) is 1. The predicted octanol–water partition coefficient (Wildman–Crippen LogP) is 3.19. The highest BCUT2D eigenvalue weighted by Gasteiger charge is 2.05. The fourth-order valence-corrected chi connectivity index (χ4v) is 2.91. The van der Waals surface area contributed by atoms with Crippen LogP contribution in [-0.2, 0) is 4.79 Å². The molecule has 0 aliphatic heterocycles. The Morgan fingerprint density at radius 1 is 1.27 bits per heavy atom. The zero-order valence-electron chi connectivity index (χ0n) is 14.0. The lowest BCUT2D eigenvalue weighted by Gasteiger charge is -2.04. The first-order chi connectivity index (χ1) is 12.7. The monoisotopic (exact) mass is 367 g/mol. The molecule has 0 fully saturated rings. The summed E-state index contributed by atoms with van der Waals surface area (Å²) in [5.41, 5.74) is 3.78. The van der Waals surface area contributed by atoms with Gasteiger partial charge in [-0.2, -0.15) is 5.10 Å². The zero-order chi connectivity index (χ0) is 18.4. The quantitative estimate of drug-likeness (QED) is 0.397. The standard InChI is InChI=1S/C19H17N3O3S/c1-25-15-7-8-17(23)14(10-15)11-20-22-18(24)12-26-19-9-6-13-4-2-3-5-16(13)21-19/h2-11,23H,12H2,1H3,(H,22,24)/b20-11-. The van der Waals surface area contributed by atoms with E-state index in [0.29, 0.717) is 11.3 Å². The van der Waals surface area contributed by atoms with Crippen molar-refractivity contribution in [1.82, 2.24) is 10.4 Å². The molecule has 1 heterocycles. The van der Waals surface area contributed by atoms with E-state index < -0.39 is 0 Å². The second kappa shape index (κ2) is 8.35. The number of aromatic hydroxyl groups is 1. The second-order valence-corrected chi connectivity index (χ2v) is 6.34. The van der Waals surface area contributed by atoms with E-state index in [4.69, 9.17) is 4.74 Å². The van der Waals surface area contributed by atoms with E-state index in [9.17, 15) is 9.90 Å². The van der Waals surface area contributed by atoms with E-state index in [0.717, 1.165) is 15.9 Å². The van der Waals surface area contributed by atoms with Crippen molar-refractivity contribution in [3.8, 4) is 11.5 Å². The summed E-state index contributed by atoms with van der Waals surface area (Å²) in [5.74, 6) is 0.572. The first-order valence-corrected chi connectivity index (χ1v) is 8.82. The Kier molecular flexibility index (Phi) is 5.70. The number of para-hydroxylation sites is 1. The van der Waals surface area contributed by atoms with Gasteiger partial charge in [-0.25, -0.2) is 10.4 Å². The number of hydrazone groups is 1. The molecule has 26 heavy (non-hydrogen) atoms. The van der Waals surface area contributed by atoms with Gasteiger partial charge >= 0.3 is 0 Å². The molecule has 7 heteroatoms. The number of carbonyl (C=O) groups excluding carboxylic acids is 1. The average Bonchev–Trinajstić information content (AvgIpc) is 2.67. The van der Waals surface area contributed by atoms with Crippen LogP contribution >= 0.6 is 11.8 Å². The molecule has 132 valence electrons. The summed E-state index contributed by atoms with van der Waals surface area (Å²) >= 11 is 1.33. The first-order valence-electron chi connectivity index (χ1n) is 7.83. The number of phenols is 1. The number of hydrogen-bond acceptors (Lipinski definition) is 6. The van der Waals surface area contributed by atoms with Crippen molar-refractivity contribution >= 4 is 34.8 Å². The summed E-state index contributed by atoms with van der Waals surface area (Å²) in [7, 11) is 1.53. The van der Waals surface area contributed by atoms with Crippen LogP contribution in [0.15, 0.2) is 64.7 Å². The molecule has 1 amide bonds. The number of phenolic OH excluding ortho intramolecular Hbond substituents is 1. The van der Waals surface area contributed by atoms with Gasteiger partial charge in [0.15, 0.2) is 0 Å². The maximum atomic E-state index is 11.9. The maximum absolute atomic E-state index is 11.9. The molecule has 0 aliphatic carbocycles. The number of fused-ring (bicyclic) bond motifs is 1. The Hall–Kier alpha value is -3.06. The van der Waals surface area contributed by atoms with Gasteiger partial charge in [-0.15, -0.1) is 0 Å². The normalized spacial score (nSPS) is 11.0. The minimum absolute atomic E-state index is 0.0542. The number of aromatic nitrogens is 1. The number of hydrogen-bond donors (Lipinski definition) is 2. The molecular formula is C19H17N3O3S. The number of thioether (sulfide) groups is 1. The Balaban J connectivity index is 1.55. The summed E-state index contributed by atoms with van der Waals surface area (Å²) in [4.78, 5) is 16.4. The Morgan fingerprint density at radius 3 is 2.96 bits per heavy atom. The molecule has 0 radical (unpaired) electrons. The van der Waals surface area contributed by atoms with Gasteiger partial charge in [-0.05, 0) is 30.3 Å². The minimum atomic E-state index is -0.261. The van der Waals surface area contributed by atoms with Gasteiger partial charge in [-0.3, -0.25) is 4.79 Å². The highest BCUT2D eigenvalue weighted by atomic mass is 32.2. The summed E-state index contributed by atoms with van der Waals surface area (Å²) in [5, 5.41) is 15.5. The van der Waals surface area contributed by atoms with Crippen LogP contribution in [0.2, 0.25) is 0 Å². The van der Waals surface area contributed by atoms with Crippen LogP contribution in [0.3, 0.4) is 0 Å². The number of pyridine rings is 1. The van der Waals surface area contributed by atoms with Crippen molar-refractivity contribution in [3.05, 3.63) is 60.2 Å². The number of amides is 1. The largest absolute Gasteiger partial charge is 0.507 e. The Morgan fingerprint density at radius 2 is 2.12 bits per heavy atom. The number of rotatable bonds is 6. The third kappa shape index (κ3) is 4.52. The number of carbonyl (C=O) groups is 1. The summed E-state index contributed by atoms with van der Waals surface area (Å²) in [6.45, 7) is 0. The van der Waals surface area contributed by atoms with Gasteiger partial charge in [0.25, 0.3) is 0 Å². The molecule has 0 aliphatic rings. The van der Waals surface area contributed by atoms with E-state index in [1.807, 2.05) is 36.4 Å². The molecule has 0 atom stereocenters. The third-order valence-corrected chi connectivity index (χ3v) is 4.48. The second-order valence-electron chi connectivity index (χ2n) is 5.35. The van der Waals surface area contributed by atoms with Crippen molar-refractivity contribution in [2.24, 2.45) is 5.10 Å². The highest BCUT2D eigenvalue weighted by Crippen LogP contribution is 2.21. The van der Waals surface area contributed by atoms with Gasteiger partial charge in [0.1, 0.15) is 11.5 Å². The first kappa shape index (κ1) is 17.8. The van der Waals surface area contributed by atoms with Crippen LogP contribution in [0.1, 0.15) is 5.56 Å². The zero-order valence-corrected chi connectivity index (χ0v) is 14.9. The van der Waals surface area contributed by atoms with E-state index >= 15 is 0 Å². The molecule has 0 saturated carbocycles. The van der Waals surface area contributed by atoms with Crippen LogP contribution in [0, 0.1) is 0 Å². The van der Waals surface area contributed by atoms with Crippen molar-refractivity contribution in [2.45, 2.75) is 5.03 Å². The lowest BCUT2D eigenvalue weighted by molar-refractivity contribution is -0.118. The predicted molar refractivity (Wildman–Crippen MR) is 103 cm³/mol. The topological polar surface area (TPSA) is 83.8 Å². The molecule has 3 aromatic rings. The molecule has 2 aromatic carbocycles. The smallest absolute Gasteiger partial charge is 0.250 e. The number of nitrogens with zero attached hydrogens (tertiary/aromatic N) is 2. The molecule has 3 rings (SSSR count). The van der Waals surface area contributed by atoms with Crippen LogP contribution < -0.4 is 10.2 Å². The number of methoxy groups -OCH3 is 1. The summed E-state index contributed by atoms with van der Waals surface area (Å²) in [6, 6.07) is 16.4. The Labute approximate surface area is 154 Å². The maximum Gasteiger partial charge on any atom is 0.250 e. The molecule has 0 unspecified atom stereocenters. The van der Waals surface area contributed by atoms with Crippen molar-refractivity contribution in [1.29, 1.82) is 0 Å². The molecule has 0 spiro atoms. The molecule has 1 aromatic heterocycles. The van der Waals surface area contributed by atoms with E-state index in [1.54, 1.807) is 12.1 Å². The summed E-state index contributed by atoms with van der Waals surface area (Å²) < 4.78 is 5.08. The lowest BCUT2D eigenvalue weighted by atomic mass is 10.2. The van der Waals surface area contributed by atoms with Gasteiger partial charge in [-0.1, -0.05) is 36.0 Å². The average molecular weight is 367 g/mol. The van der Waals surface area contributed by atoms with Gasteiger partial charge in [0, 0.05) is 10.9 Å². The van der Waals surface area contributed by atoms with Crippen LogP contribution in [0.5, 0.6) is 11.5 Å². The fraction of sp³-hybridized carbons (Fsp3) is 0.105. The summed E-state index contributed by atoms with van der Waals surface area (Å²) in [6.07, 6.45) is 1.37. The molecule has 6 nitrogen and oxygen atoms in total. The van der Waals surface area contributed by atoms with E-state index in [2.05, 4.69) is 15.5 Å². The van der Waals surface area contributed by atoms with Crippen LogP contribution in [0.25, 0.3) is 10.9 Å². The molecule has 0 bridgehead atoms. The van der Waals surface area contributed by atoms with Gasteiger partial charge in [0.2, 0.25) is 5.91 Å².